The monoisotopic (exact) mass is 617 g/mol. The molecule has 1 aromatic carbocycles. The molecule has 1 fully saturated rings. The Morgan fingerprint density at radius 1 is 1.20 bits per heavy atom. The van der Waals surface area contributed by atoms with Crippen LogP contribution in [0, 0.1) is 0 Å². The quantitative estimate of drug-likeness (QED) is 0.256. The molecule has 41 heavy (non-hydrogen) atoms. The topological polar surface area (TPSA) is 157 Å². The van der Waals surface area contributed by atoms with Crippen molar-refractivity contribution in [3.8, 4) is 10.6 Å². The number of thiophene rings is 1. The van der Waals surface area contributed by atoms with Crippen LogP contribution in [-0.2, 0) is 35.9 Å². The van der Waals surface area contributed by atoms with E-state index in [1.54, 1.807) is 30.3 Å². The molecule has 4 rings (SSSR count). The average molecular weight is 618 g/mol. The lowest BCUT2D eigenvalue weighted by Crippen LogP contribution is -2.50. The van der Waals surface area contributed by atoms with Crippen LogP contribution in [0.4, 0.5) is 18.0 Å². The van der Waals surface area contributed by atoms with E-state index in [9.17, 15) is 36.3 Å². The summed E-state index contributed by atoms with van der Waals surface area (Å²) in [5, 5.41) is 16.1. The Labute approximate surface area is 236 Å². The summed E-state index contributed by atoms with van der Waals surface area (Å²) >= 11 is 0.584. The molecule has 3 N–H and O–H groups in total. The minimum absolute atomic E-state index is 0.0439. The third kappa shape index (κ3) is 6.39. The standard InChI is InChI=1S/C25H26F3N3O8S2/c1-15(2)37-11-10-29-22(34)38-14-23(16-6-4-3-5-7-16)13-24(23,21(32)33)31-41(35,36)20-9-8-18(40-20)17-12-19(39-30-17)25(26,27)28/h3-9,12,15,31H,10-11,13-14H2,1-2H3,(H,29,34)(H,32,33). The zero-order chi connectivity index (χ0) is 30.1. The van der Waals surface area contributed by atoms with E-state index in [4.69, 9.17) is 9.47 Å². The van der Waals surface area contributed by atoms with Gasteiger partial charge in [0.25, 0.3) is 10.0 Å². The van der Waals surface area contributed by atoms with E-state index in [1.807, 2.05) is 13.8 Å². The highest BCUT2D eigenvalue weighted by atomic mass is 32.2. The number of ether oxygens (including phenoxy) is 2. The van der Waals surface area contributed by atoms with Crippen molar-refractivity contribution in [2.45, 2.75) is 47.7 Å². The van der Waals surface area contributed by atoms with Crippen LogP contribution in [0.3, 0.4) is 0 Å². The van der Waals surface area contributed by atoms with Gasteiger partial charge in [0.2, 0.25) is 5.76 Å². The smallest absolute Gasteiger partial charge is 0.452 e. The van der Waals surface area contributed by atoms with Gasteiger partial charge in [-0.2, -0.15) is 17.9 Å². The lowest BCUT2D eigenvalue weighted by molar-refractivity contribution is -0.155. The number of carbonyl (C=O) groups excluding carboxylic acids is 1. The predicted octanol–water partition coefficient (Wildman–Crippen LogP) is 4.02. The molecule has 0 saturated heterocycles. The number of carbonyl (C=O) groups is 2. The molecule has 3 aromatic rings. The van der Waals surface area contributed by atoms with Crippen LogP contribution in [0.1, 0.15) is 31.6 Å². The Balaban J connectivity index is 1.56. The molecule has 222 valence electrons. The molecule has 1 aliphatic carbocycles. The summed E-state index contributed by atoms with van der Waals surface area (Å²) in [6.45, 7) is 3.57. The number of rotatable bonds is 12. The first-order chi connectivity index (χ1) is 19.2. The van der Waals surface area contributed by atoms with Crippen LogP contribution in [-0.4, -0.2) is 62.1 Å². The number of alkyl carbamates (subject to hydrolysis) is 1. The highest BCUT2D eigenvalue weighted by molar-refractivity contribution is 7.91. The molecule has 2 heterocycles. The van der Waals surface area contributed by atoms with Gasteiger partial charge in [-0.15, -0.1) is 11.3 Å². The van der Waals surface area contributed by atoms with Crippen LogP contribution in [0.2, 0.25) is 0 Å². The number of hydrogen-bond acceptors (Lipinski definition) is 9. The number of sulfonamides is 1. The lowest BCUT2D eigenvalue weighted by Gasteiger charge is -2.24. The van der Waals surface area contributed by atoms with Gasteiger partial charge >= 0.3 is 18.2 Å². The maximum absolute atomic E-state index is 13.4. The maximum Gasteiger partial charge on any atom is 0.452 e. The lowest BCUT2D eigenvalue weighted by atomic mass is 9.91. The number of alkyl halides is 3. The fourth-order valence-corrected chi connectivity index (χ4v) is 7.01. The molecular weight excluding hydrogens is 591 g/mol. The first-order valence-electron chi connectivity index (χ1n) is 12.2. The van der Waals surface area contributed by atoms with Gasteiger partial charge in [0.1, 0.15) is 22.0 Å². The van der Waals surface area contributed by atoms with E-state index in [1.165, 1.54) is 6.07 Å². The van der Waals surface area contributed by atoms with Crippen molar-refractivity contribution in [2.24, 2.45) is 0 Å². The molecule has 1 aliphatic rings. The first kappa shape index (κ1) is 30.5. The second-order valence-corrected chi connectivity index (χ2v) is 12.5. The number of carboxylic acids is 1. The van der Waals surface area contributed by atoms with E-state index < -0.39 is 51.6 Å². The van der Waals surface area contributed by atoms with Crippen molar-refractivity contribution in [1.82, 2.24) is 15.2 Å². The molecule has 2 aromatic heterocycles. The maximum atomic E-state index is 13.4. The molecule has 0 radical (unpaired) electrons. The number of carboxylic acid groups (broad SMARTS) is 1. The van der Waals surface area contributed by atoms with Crippen molar-refractivity contribution >= 4 is 33.4 Å². The number of hydrogen-bond donors (Lipinski definition) is 3. The van der Waals surface area contributed by atoms with Crippen LogP contribution in [0.5, 0.6) is 0 Å². The van der Waals surface area contributed by atoms with Crippen molar-refractivity contribution < 1.29 is 50.3 Å². The number of benzene rings is 1. The molecule has 11 nitrogen and oxygen atoms in total. The van der Waals surface area contributed by atoms with Crippen molar-refractivity contribution in [3.63, 3.8) is 0 Å². The largest absolute Gasteiger partial charge is 0.480 e. The number of halogens is 3. The van der Waals surface area contributed by atoms with E-state index >= 15 is 0 Å². The molecular formula is C25H26F3N3O8S2. The first-order valence-corrected chi connectivity index (χ1v) is 14.5. The average Bonchev–Trinajstić information content (AvgIpc) is 3.28. The van der Waals surface area contributed by atoms with Crippen LogP contribution >= 0.6 is 11.3 Å². The predicted molar refractivity (Wildman–Crippen MR) is 139 cm³/mol. The summed E-state index contributed by atoms with van der Waals surface area (Å²) in [4.78, 5) is 25.0. The molecule has 0 spiro atoms. The zero-order valence-electron chi connectivity index (χ0n) is 21.7. The Morgan fingerprint density at radius 3 is 2.51 bits per heavy atom. The second-order valence-electron chi connectivity index (χ2n) is 9.56. The summed E-state index contributed by atoms with van der Waals surface area (Å²) in [6, 6.07) is 11.2. The number of aliphatic carboxylic acids is 1. The van der Waals surface area contributed by atoms with Crippen LogP contribution < -0.4 is 10.0 Å². The fourth-order valence-electron chi connectivity index (χ4n) is 4.32. The minimum atomic E-state index is -4.78. The summed E-state index contributed by atoms with van der Waals surface area (Å²) in [6.07, 6.45) is -5.90. The van der Waals surface area contributed by atoms with Gasteiger partial charge < -0.3 is 24.4 Å². The Morgan fingerprint density at radius 2 is 1.90 bits per heavy atom. The molecule has 16 heteroatoms. The zero-order valence-corrected chi connectivity index (χ0v) is 23.4. The van der Waals surface area contributed by atoms with Gasteiger partial charge in [-0.25, -0.2) is 13.2 Å². The van der Waals surface area contributed by atoms with Gasteiger partial charge in [-0.3, -0.25) is 4.79 Å². The summed E-state index contributed by atoms with van der Waals surface area (Å²) < 4.78 is 82.2. The molecule has 2 atom stereocenters. The second kappa shape index (κ2) is 11.4. The van der Waals surface area contributed by atoms with Gasteiger partial charge in [-0.1, -0.05) is 35.5 Å². The van der Waals surface area contributed by atoms with Gasteiger partial charge in [0, 0.05) is 12.6 Å². The van der Waals surface area contributed by atoms with Crippen molar-refractivity contribution in [2.75, 3.05) is 19.8 Å². The Kier molecular flexibility index (Phi) is 8.50. The number of aromatic nitrogens is 1. The Hall–Kier alpha value is -3.47. The third-order valence-corrected chi connectivity index (χ3v) is 9.51. The summed E-state index contributed by atoms with van der Waals surface area (Å²) in [5.41, 5.74) is -3.35. The molecule has 2 unspecified atom stereocenters. The van der Waals surface area contributed by atoms with Gasteiger partial charge in [0.15, 0.2) is 0 Å². The number of nitrogens with one attached hydrogen (secondary N) is 2. The molecule has 1 saturated carbocycles. The summed E-state index contributed by atoms with van der Waals surface area (Å²) in [5.74, 6) is -2.85. The van der Waals surface area contributed by atoms with E-state index in [0.717, 1.165) is 6.07 Å². The third-order valence-electron chi connectivity index (χ3n) is 6.42. The molecule has 0 aliphatic heterocycles. The van der Waals surface area contributed by atoms with Crippen molar-refractivity contribution in [3.05, 3.63) is 59.9 Å². The fraction of sp³-hybridized carbons (Fsp3) is 0.400. The highest BCUT2D eigenvalue weighted by Gasteiger charge is 2.75. The number of amides is 1. The SMILES string of the molecule is CC(C)OCCNC(=O)OCC1(c2ccccc2)CC1(NS(=O)(=O)c1ccc(-c2cc(C(F)(F)F)on2)s1)C(=O)O. The highest BCUT2D eigenvalue weighted by Crippen LogP contribution is 2.59. The summed E-state index contributed by atoms with van der Waals surface area (Å²) in [7, 11) is -4.52. The normalized spacial score (nSPS) is 20.6. The van der Waals surface area contributed by atoms with Gasteiger partial charge in [-0.05, 0) is 38.0 Å². The van der Waals surface area contributed by atoms with Crippen LogP contribution in [0.25, 0.3) is 10.6 Å². The molecule has 0 bridgehead atoms. The van der Waals surface area contributed by atoms with E-state index in [2.05, 4.69) is 19.7 Å². The van der Waals surface area contributed by atoms with Gasteiger partial charge in [0.05, 0.1) is 23.0 Å². The Bertz CT molecular complexity index is 1510. The molecule has 1 amide bonds. The minimum Gasteiger partial charge on any atom is -0.480 e. The van der Waals surface area contributed by atoms with E-state index in [-0.39, 0.29) is 40.5 Å². The van der Waals surface area contributed by atoms with Crippen molar-refractivity contribution in [1.29, 1.82) is 0 Å². The van der Waals surface area contributed by atoms with E-state index in [0.29, 0.717) is 23.0 Å². The van der Waals surface area contributed by atoms with Crippen LogP contribution in [0.15, 0.2) is 57.3 Å². The number of nitrogens with zero attached hydrogens (tertiary/aromatic N) is 1.